The molecule has 0 saturated heterocycles. The van der Waals surface area contributed by atoms with E-state index < -0.39 is 35.3 Å². The van der Waals surface area contributed by atoms with Gasteiger partial charge >= 0.3 is 24.8 Å². The molecule has 0 amide bonds. The van der Waals surface area contributed by atoms with Crippen LogP contribution in [0.15, 0.2) is 22.6 Å². The summed E-state index contributed by atoms with van der Waals surface area (Å²) in [7, 11) is 0. The Morgan fingerprint density at radius 1 is 0.700 bits per heavy atom. The van der Waals surface area contributed by atoms with E-state index in [2.05, 4.69) is 32.7 Å². The van der Waals surface area contributed by atoms with Gasteiger partial charge in [0.15, 0.2) is 0 Å². The second-order valence-electron chi connectivity index (χ2n) is 2.16. The summed E-state index contributed by atoms with van der Waals surface area (Å²) >= 11 is 8.92. The molecule has 0 fully saturated rings. The molecule has 0 heterocycles. The molecule has 2 nitrogen and oxygen atoms in total. The Kier molecular flexibility index (Phi) is 8.82. The summed E-state index contributed by atoms with van der Waals surface area (Å²) in [6, 6.07) is -2.92. The van der Waals surface area contributed by atoms with Gasteiger partial charge in [-0.1, -0.05) is 0 Å². The van der Waals surface area contributed by atoms with Gasteiger partial charge in [0.25, 0.3) is 0 Å². The van der Waals surface area contributed by atoms with Crippen LogP contribution in [0.4, 0.5) is 43.9 Å². The fourth-order valence-electron chi connectivity index (χ4n) is 0.280. The number of hydrogen-bond donors (Lipinski definition) is 0. The highest BCUT2D eigenvalue weighted by atomic mass is 35.5. The van der Waals surface area contributed by atoms with Crippen LogP contribution in [0.5, 0.6) is 0 Å². The maximum Gasteiger partial charge on any atom is 0.574 e. The van der Waals surface area contributed by atoms with E-state index in [0.717, 1.165) is 0 Å². The van der Waals surface area contributed by atoms with E-state index in [-0.39, 0.29) is 0 Å². The van der Waals surface area contributed by atoms with Gasteiger partial charge in [0.1, 0.15) is 0 Å². The van der Waals surface area contributed by atoms with Crippen molar-refractivity contribution in [1.29, 1.82) is 0 Å². The SMILES string of the molecule is F/C(Cl)=C(\Cl)OC(F)(F)F.FC(F)=C(F)OC(F)(F)F. The number of alkyl halides is 6. The Bertz CT molecular complexity index is 327. The van der Waals surface area contributed by atoms with Crippen LogP contribution >= 0.6 is 23.2 Å². The average Bonchev–Trinajstić information content (AvgIpc) is 2.12. The lowest BCUT2D eigenvalue weighted by atomic mass is 11.0. The second-order valence-corrected chi connectivity index (χ2v) is 2.84. The lowest BCUT2D eigenvalue weighted by Crippen LogP contribution is -2.11. The van der Waals surface area contributed by atoms with Gasteiger partial charge < -0.3 is 9.47 Å². The van der Waals surface area contributed by atoms with E-state index in [1.807, 2.05) is 0 Å². The summed E-state index contributed by atoms with van der Waals surface area (Å²) in [5.41, 5.74) is 0. The van der Waals surface area contributed by atoms with Crippen LogP contribution in [0.25, 0.3) is 0 Å². The monoisotopic (exact) mass is 364 g/mol. The molecular weight excluding hydrogens is 365 g/mol. The van der Waals surface area contributed by atoms with Crippen LogP contribution in [0.3, 0.4) is 0 Å². The zero-order valence-corrected chi connectivity index (χ0v) is 9.86. The van der Waals surface area contributed by atoms with Crippen molar-refractivity contribution >= 4 is 23.2 Å². The van der Waals surface area contributed by atoms with Gasteiger partial charge in [-0.15, -0.1) is 26.3 Å². The molecule has 0 aliphatic heterocycles. The zero-order valence-electron chi connectivity index (χ0n) is 8.35. The van der Waals surface area contributed by atoms with Crippen molar-refractivity contribution in [3.63, 3.8) is 0 Å². The second kappa shape index (κ2) is 8.29. The number of hydrogen-bond acceptors (Lipinski definition) is 2. The van der Waals surface area contributed by atoms with Crippen LogP contribution in [0.2, 0.25) is 0 Å². The predicted molar refractivity (Wildman–Crippen MR) is 44.5 cm³/mol. The van der Waals surface area contributed by atoms with Gasteiger partial charge in [0.2, 0.25) is 10.5 Å². The van der Waals surface area contributed by atoms with E-state index in [9.17, 15) is 43.9 Å². The third kappa shape index (κ3) is 15.0. The molecule has 0 radical (unpaired) electrons. The maximum atomic E-state index is 11.5. The number of rotatable bonds is 2. The molecule has 0 rings (SSSR count). The van der Waals surface area contributed by atoms with Crippen molar-refractivity contribution in [2.75, 3.05) is 0 Å². The van der Waals surface area contributed by atoms with E-state index in [0.29, 0.717) is 0 Å². The number of halogens is 12. The Morgan fingerprint density at radius 2 is 1.05 bits per heavy atom. The van der Waals surface area contributed by atoms with Crippen molar-refractivity contribution in [2.45, 2.75) is 12.7 Å². The topological polar surface area (TPSA) is 18.5 Å². The van der Waals surface area contributed by atoms with E-state index in [1.54, 1.807) is 0 Å². The summed E-state index contributed by atoms with van der Waals surface area (Å²) < 4.78 is 115. The summed E-state index contributed by atoms with van der Waals surface area (Å²) in [5, 5.41) is -3.26. The molecule has 0 aliphatic carbocycles. The predicted octanol–water partition coefficient (Wildman–Crippen LogP) is 5.65. The van der Waals surface area contributed by atoms with Crippen molar-refractivity contribution in [1.82, 2.24) is 0 Å². The molecule has 0 aromatic rings. The Labute approximate surface area is 113 Å². The number of ether oxygens (including phenoxy) is 2. The highest BCUT2D eigenvalue weighted by Crippen LogP contribution is 2.26. The molecule has 0 N–H and O–H groups in total. The molecule has 0 aliphatic rings. The van der Waals surface area contributed by atoms with Crippen LogP contribution in [-0.4, -0.2) is 12.7 Å². The molecule has 0 aromatic heterocycles. The molecular formula is C6Cl2F10O2. The highest BCUT2D eigenvalue weighted by Gasteiger charge is 2.34. The van der Waals surface area contributed by atoms with Crippen molar-refractivity contribution in [2.24, 2.45) is 0 Å². The Hall–Kier alpha value is -1.04. The van der Waals surface area contributed by atoms with Crippen molar-refractivity contribution < 1.29 is 53.4 Å². The van der Waals surface area contributed by atoms with Crippen molar-refractivity contribution in [3.8, 4) is 0 Å². The van der Waals surface area contributed by atoms with Crippen LogP contribution < -0.4 is 0 Å². The summed E-state index contributed by atoms with van der Waals surface area (Å²) in [6.45, 7) is 0. The van der Waals surface area contributed by atoms with Gasteiger partial charge in [-0.05, 0) is 23.2 Å². The lowest BCUT2D eigenvalue weighted by Gasteiger charge is -2.05. The third-order valence-corrected chi connectivity index (χ3v) is 1.22. The lowest BCUT2D eigenvalue weighted by molar-refractivity contribution is -0.315. The third-order valence-electron chi connectivity index (χ3n) is 0.708. The van der Waals surface area contributed by atoms with Crippen LogP contribution in [-0.2, 0) is 9.47 Å². The van der Waals surface area contributed by atoms with E-state index in [1.165, 1.54) is 0 Å². The van der Waals surface area contributed by atoms with Gasteiger partial charge in [0.05, 0.1) is 0 Å². The largest absolute Gasteiger partial charge is 0.574 e. The molecule has 0 bridgehead atoms. The first-order valence-electron chi connectivity index (χ1n) is 3.58. The molecule has 20 heavy (non-hydrogen) atoms. The van der Waals surface area contributed by atoms with E-state index in [4.69, 9.17) is 0 Å². The molecule has 120 valence electrons. The van der Waals surface area contributed by atoms with Crippen molar-refractivity contribution in [3.05, 3.63) is 22.6 Å². The molecule has 0 unspecified atom stereocenters. The quantitative estimate of drug-likeness (QED) is 0.465. The standard InChI is InChI=1S/C3Cl2F4O.C3F6O/c4-1(6)2(5)10-3(7,8)9;4-1(5)2(6)10-3(7,8)9/b2-1+;. The van der Waals surface area contributed by atoms with Crippen LogP contribution in [0, 0.1) is 0 Å². The molecule has 0 aromatic carbocycles. The minimum atomic E-state index is -5.41. The minimum Gasteiger partial charge on any atom is -0.390 e. The van der Waals surface area contributed by atoms with Gasteiger partial charge in [-0.25, -0.2) is 0 Å². The van der Waals surface area contributed by atoms with Gasteiger partial charge in [-0.2, -0.15) is 17.6 Å². The summed E-state index contributed by atoms with van der Waals surface area (Å²) in [6.07, 6.45) is -13.6. The van der Waals surface area contributed by atoms with Gasteiger partial charge in [0, 0.05) is 0 Å². The maximum absolute atomic E-state index is 11.5. The van der Waals surface area contributed by atoms with Gasteiger partial charge in [-0.3, -0.25) is 0 Å². The normalized spacial score (nSPS) is 12.8. The summed E-state index contributed by atoms with van der Waals surface area (Å²) in [5.74, 6) is 0. The fourth-order valence-corrected chi connectivity index (χ4v) is 0.406. The Morgan fingerprint density at radius 3 is 1.15 bits per heavy atom. The molecule has 0 spiro atoms. The molecule has 0 saturated carbocycles. The first-order valence-corrected chi connectivity index (χ1v) is 4.34. The minimum absolute atomic E-state index is 1.52. The van der Waals surface area contributed by atoms with E-state index >= 15 is 0 Å². The zero-order chi connectivity index (χ0) is 16.7. The average molecular weight is 365 g/mol. The summed E-state index contributed by atoms with van der Waals surface area (Å²) in [4.78, 5) is 0. The highest BCUT2D eigenvalue weighted by molar-refractivity contribution is 6.37. The smallest absolute Gasteiger partial charge is 0.390 e. The first kappa shape index (κ1) is 21.3. The van der Waals surface area contributed by atoms with Crippen LogP contribution in [0.1, 0.15) is 0 Å². The first-order chi connectivity index (χ1) is 8.65. The molecule has 0 atom stereocenters. The molecule has 14 heteroatoms. The fraction of sp³-hybridized carbons (Fsp3) is 0.333. The Balaban J connectivity index is 0.